The molecule has 0 aliphatic rings. The summed E-state index contributed by atoms with van der Waals surface area (Å²) in [5.74, 6) is -0.535. The molecule has 0 fully saturated rings. The number of ether oxygens (including phenoxy) is 2. The molecule has 8 heteroatoms. The SMILES string of the molecule is COc1cc(C=Cc2cc(C=Cc3ccc(O)c(OC)c3)nn2-c2ccc(C(=O)O)cc2)ccc1[O-]. The van der Waals surface area contributed by atoms with Gasteiger partial charge >= 0.3 is 5.97 Å². The van der Waals surface area contributed by atoms with Crippen molar-refractivity contribution in [3.63, 3.8) is 0 Å². The van der Waals surface area contributed by atoms with Crippen LogP contribution in [0.1, 0.15) is 32.9 Å². The summed E-state index contributed by atoms with van der Waals surface area (Å²) in [5.41, 5.74) is 3.82. The van der Waals surface area contributed by atoms with Gasteiger partial charge in [-0.2, -0.15) is 5.10 Å². The van der Waals surface area contributed by atoms with Crippen LogP contribution in [-0.4, -0.2) is 40.2 Å². The fourth-order valence-corrected chi connectivity index (χ4v) is 3.52. The van der Waals surface area contributed by atoms with Crippen LogP contribution in [0.2, 0.25) is 0 Å². The predicted molar refractivity (Wildman–Crippen MR) is 135 cm³/mol. The van der Waals surface area contributed by atoms with E-state index in [1.165, 1.54) is 32.4 Å². The summed E-state index contributed by atoms with van der Waals surface area (Å²) in [7, 11) is 2.93. The lowest BCUT2D eigenvalue weighted by molar-refractivity contribution is -0.270. The zero-order valence-corrected chi connectivity index (χ0v) is 19.6. The molecule has 0 aliphatic heterocycles. The van der Waals surface area contributed by atoms with Crippen LogP contribution in [0.5, 0.6) is 23.0 Å². The number of phenolic OH excluding ortho intramolecular Hbond substituents is 1. The van der Waals surface area contributed by atoms with E-state index in [0.717, 1.165) is 16.8 Å². The second kappa shape index (κ2) is 10.5. The lowest BCUT2D eigenvalue weighted by Gasteiger charge is -2.12. The highest BCUT2D eigenvalue weighted by Crippen LogP contribution is 2.28. The molecule has 0 amide bonds. The Labute approximate surface area is 207 Å². The zero-order chi connectivity index (χ0) is 25.7. The molecule has 8 nitrogen and oxygen atoms in total. The van der Waals surface area contributed by atoms with Gasteiger partial charge in [0.05, 0.1) is 36.9 Å². The lowest BCUT2D eigenvalue weighted by Crippen LogP contribution is -2.01. The van der Waals surface area contributed by atoms with Crippen molar-refractivity contribution in [3.8, 4) is 28.7 Å². The Balaban J connectivity index is 1.71. The van der Waals surface area contributed by atoms with E-state index in [0.29, 0.717) is 17.1 Å². The molecule has 0 unspecified atom stereocenters. The maximum atomic E-state index is 11.8. The first-order valence-electron chi connectivity index (χ1n) is 10.9. The molecule has 182 valence electrons. The largest absolute Gasteiger partial charge is 0.870 e. The quantitative estimate of drug-likeness (QED) is 0.373. The number of phenols is 1. The third-order valence-electron chi connectivity index (χ3n) is 5.40. The van der Waals surface area contributed by atoms with Gasteiger partial charge in [-0.05, 0) is 71.8 Å². The molecule has 0 atom stereocenters. The molecule has 2 N–H and O–H groups in total. The lowest BCUT2D eigenvalue weighted by atomic mass is 10.1. The molecule has 4 aromatic rings. The molecular weight excluding hydrogens is 460 g/mol. The topological polar surface area (TPSA) is 117 Å². The highest BCUT2D eigenvalue weighted by atomic mass is 16.5. The van der Waals surface area contributed by atoms with E-state index in [4.69, 9.17) is 9.47 Å². The third-order valence-corrected chi connectivity index (χ3v) is 5.40. The number of benzene rings is 3. The van der Waals surface area contributed by atoms with Crippen molar-refractivity contribution in [1.82, 2.24) is 9.78 Å². The molecule has 3 aromatic carbocycles. The number of aromatic nitrogens is 2. The van der Waals surface area contributed by atoms with E-state index in [1.807, 2.05) is 30.4 Å². The van der Waals surface area contributed by atoms with Gasteiger partial charge in [0.15, 0.2) is 11.5 Å². The van der Waals surface area contributed by atoms with Crippen molar-refractivity contribution in [2.24, 2.45) is 0 Å². The Morgan fingerprint density at radius 2 is 1.50 bits per heavy atom. The normalized spacial score (nSPS) is 11.3. The standard InChI is InChI=1S/C28H24N2O6/c1-35-26-15-18(5-13-24(26)31)3-9-21-17-23(10-4-19-6-14-25(32)27(16-19)36-2)30(29-21)22-11-7-20(8-12-22)28(33)34/h3-17,31-32H,1-2H3,(H,33,34)/p-1. The van der Waals surface area contributed by atoms with E-state index in [1.54, 1.807) is 47.1 Å². The van der Waals surface area contributed by atoms with Crippen molar-refractivity contribution in [2.75, 3.05) is 14.2 Å². The van der Waals surface area contributed by atoms with Crippen molar-refractivity contribution in [1.29, 1.82) is 0 Å². The first kappa shape index (κ1) is 24.2. The van der Waals surface area contributed by atoms with Crippen LogP contribution in [0.4, 0.5) is 0 Å². The zero-order valence-electron chi connectivity index (χ0n) is 19.6. The minimum Gasteiger partial charge on any atom is -0.870 e. The minimum atomic E-state index is -1.01. The van der Waals surface area contributed by atoms with Crippen molar-refractivity contribution in [2.45, 2.75) is 0 Å². The number of rotatable bonds is 8. The molecule has 0 bridgehead atoms. The fourth-order valence-electron chi connectivity index (χ4n) is 3.52. The molecule has 0 radical (unpaired) electrons. The summed E-state index contributed by atoms with van der Waals surface area (Å²) in [5, 5.41) is 35.5. The van der Waals surface area contributed by atoms with E-state index >= 15 is 0 Å². The Hall–Kier alpha value is -4.98. The Morgan fingerprint density at radius 1 is 0.861 bits per heavy atom. The average Bonchev–Trinajstić information content (AvgIpc) is 3.30. The number of nitrogens with zero attached hydrogens (tertiary/aromatic N) is 2. The van der Waals surface area contributed by atoms with Crippen molar-refractivity contribution >= 4 is 30.3 Å². The second-order valence-electron chi connectivity index (χ2n) is 7.77. The third kappa shape index (κ3) is 5.39. The van der Waals surface area contributed by atoms with E-state index in [-0.39, 0.29) is 22.8 Å². The van der Waals surface area contributed by atoms with Crippen molar-refractivity contribution < 1.29 is 29.6 Å². The number of hydrogen-bond donors (Lipinski definition) is 2. The summed E-state index contributed by atoms with van der Waals surface area (Å²) in [6, 6.07) is 18.1. The smallest absolute Gasteiger partial charge is 0.335 e. The minimum absolute atomic E-state index is 0.0535. The van der Waals surface area contributed by atoms with Gasteiger partial charge in [-0.3, -0.25) is 0 Å². The monoisotopic (exact) mass is 483 g/mol. The fraction of sp³-hybridized carbons (Fsp3) is 0.0714. The number of methoxy groups -OCH3 is 2. The molecule has 1 aromatic heterocycles. The molecule has 36 heavy (non-hydrogen) atoms. The maximum Gasteiger partial charge on any atom is 0.335 e. The van der Waals surface area contributed by atoms with E-state index < -0.39 is 5.97 Å². The van der Waals surface area contributed by atoms with Crippen LogP contribution in [0.3, 0.4) is 0 Å². The first-order valence-corrected chi connectivity index (χ1v) is 10.9. The van der Waals surface area contributed by atoms with Gasteiger partial charge < -0.3 is 24.8 Å². The maximum absolute atomic E-state index is 11.8. The highest BCUT2D eigenvalue weighted by molar-refractivity contribution is 5.87. The molecule has 0 aliphatic carbocycles. The summed E-state index contributed by atoms with van der Waals surface area (Å²) in [6.07, 6.45) is 7.34. The van der Waals surface area contributed by atoms with Gasteiger partial charge in [-0.15, -0.1) is 0 Å². The van der Waals surface area contributed by atoms with Gasteiger partial charge in [-0.25, -0.2) is 9.48 Å². The van der Waals surface area contributed by atoms with Crippen LogP contribution < -0.4 is 14.6 Å². The van der Waals surface area contributed by atoms with Crippen LogP contribution in [-0.2, 0) is 0 Å². The van der Waals surface area contributed by atoms with Gasteiger partial charge in [0.1, 0.15) is 5.75 Å². The molecule has 0 spiro atoms. The van der Waals surface area contributed by atoms with Crippen LogP contribution >= 0.6 is 0 Å². The molecule has 4 rings (SSSR count). The Morgan fingerprint density at radius 3 is 2.17 bits per heavy atom. The number of aromatic carboxylic acids is 1. The van der Waals surface area contributed by atoms with Crippen LogP contribution in [0.25, 0.3) is 30.0 Å². The molecule has 1 heterocycles. The molecular formula is C28H23N2O6-. The van der Waals surface area contributed by atoms with Gasteiger partial charge in [0.25, 0.3) is 0 Å². The van der Waals surface area contributed by atoms with Gasteiger partial charge in [0.2, 0.25) is 0 Å². The molecule has 0 saturated carbocycles. The Bertz CT molecular complexity index is 1450. The number of carboxylic acid groups (broad SMARTS) is 1. The summed E-state index contributed by atoms with van der Waals surface area (Å²) in [4.78, 5) is 11.2. The number of aromatic hydroxyl groups is 1. The summed E-state index contributed by atoms with van der Waals surface area (Å²) >= 11 is 0. The second-order valence-corrected chi connectivity index (χ2v) is 7.77. The number of hydrogen-bond acceptors (Lipinski definition) is 6. The number of carbonyl (C=O) groups is 1. The molecule has 0 saturated heterocycles. The summed E-state index contributed by atoms with van der Waals surface area (Å²) in [6.45, 7) is 0. The van der Waals surface area contributed by atoms with Crippen LogP contribution in [0.15, 0.2) is 66.7 Å². The van der Waals surface area contributed by atoms with Gasteiger partial charge in [0, 0.05) is 0 Å². The first-order chi connectivity index (χ1) is 17.4. The summed E-state index contributed by atoms with van der Waals surface area (Å²) < 4.78 is 12.0. The Kier molecular flexibility index (Phi) is 7.06. The number of carboxylic acids is 1. The average molecular weight is 484 g/mol. The van der Waals surface area contributed by atoms with Crippen LogP contribution in [0, 0.1) is 0 Å². The van der Waals surface area contributed by atoms with E-state index in [2.05, 4.69) is 5.10 Å². The predicted octanol–water partition coefficient (Wildman–Crippen LogP) is 4.71. The highest BCUT2D eigenvalue weighted by Gasteiger charge is 2.09. The van der Waals surface area contributed by atoms with Crippen molar-refractivity contribution in [3.05, 3.63) is 94.8 Å². The van der Waals surface area contributed by atoms with Gasteiger partial charge in [-0.1, -0.05) is 36.1 Å². The van der Waals surface area contributed by atoms with E-state index in [9.17, 15) is 20.1 Å².